The summed E-state index contributed by atoms with van der Waals surface area (Å²) >= 11 is 0. The highest BCUT2D eigenvalue weighted by Crippen LogP contribution is 2.29. The van der Waals surface area contributed by atoms with E-state index in [0.717, 1.165) is 30.5 Å². The molecule has 7 nitrogen and oxygen atoms in total. The number of amides is 2. The maximum absolute atomic E-state index is 13.0. The Kier molecular flexibility index (Phi) is 5.51. The van der Waals surface area contributed by atoms with E-state index in [-0.39, 0.29) is 22.4 Å². The molecule has 2 aliphatic rings. The van der Waals surface area contributed by atoms with Gasteiger partial charge in [-0.3, -0.25) is 14.3 Å². The highest BCUT2D eigenvalue weighted by Gasteiger charge is 2.26. The Morgan fingerprint density at radius 3 is 2.40 bits per heavy atom. The van der Waals surface area contributed by atoms with Gasteiger partial charge in [0.1, 0.15) is 0 Å². The molecule has 158 valence electrons. The van der Waals surface area contributed by atoms with Crippen LogP contribution in [0.3, 0.4) is 0 Å². The molecule has 2 aromatic rings. The smallest absolute Gasteiger partial charge is 0.261 e. The normalized spacial score (nSPS) is 16.9. The Labute approximate surface area is 176 Å². The highest BCUT2D eigenvalue weighted by atomic mass is 32.2. The minimum Gasteiger partial charge on any atom is -0.339 e. The first-order chi connectivity index (χ1) is 14.4. The van der Waals surface area contributed by atoms with E-state index in [1.54, 1.807) is 53.1 Å². The van der Waals surface area contributed by atoms with E-state index in [1.807, 2.05) is 0 Å². The average Bonchev–Trinajstić information content (AvgIpc) is 3.39. The van der Waals surface area contributed by atoms with Crippen molar-refractivity contribution in [3.63, 3.8) is 0 Å². The Morgan fingerprint density at radius 1 is 1.00 bits per heavy atom. The van der Waals surface area contributed by atoms with Gasteiger partial charge in [0.15, 0.2) is 0 Å². The number of rotatable bonds is 5. The monoisotopic (exact) mass is 427 g/mol. The van der Waals surface area contributed by atoms with Crippen molar-refractivity contribution in [3.05, 3.63) is 53.6 Å². The molecule has 2 aliphatic heterocycles. The van der Waals surface area contributed by atoms with Gasteiger partial charge in [0, 0.05) is 31.7 Å². The van der Waals surface area contributed by atoms with E-state index in [9.17, 15) is 18.0 Å². The molecule has 0 radical (unpaired) electrons. The first-order valence-electron chi connectivity index (χ1n) is 10.2. The number of hydrogen-bond acceptors (Lipinski definition) is 4. The fourth-order valence-corrected chi connectivity index (χ4v) is 5.22. The Balaban J connectivity index is 1.60. The third-order valence-corrected chi connectivity index (χ3v) is 7.00. The molecule has 0 bridgehead atoms. The number of anilines is 2. The van der Waals surface area contributed by atoms with Crippen molar-refractivity contribution in [1.82, 2.24) is 4.90 Å². The maximum atomic E-state index is 13.0. The summed E-state index contributed by atoms with van der Waals surface area (Å²) in [5.74, 6) is -0.106. The van der Waals surface area contributed by atoms with Gasteiger partial charge in [0.2, 0.25) is 5.91 Å². The predicted octanol–water partition coefficient (Wildman–Crippen LogP) is 3.16. The number of carbonyl (C=O) groups excluding carboxylic acids is 2. The molecule has 0 aromatic heterocycles. The van der Waals surface area contributed by atoms with Crippen LogP contribution in [0.1, 0.15) is 41.6 Å². The van der Waals surface area contributed by atoms with Crippen LogP contribution in [0.2, 0.25) is 0 Å². The molecule has 2 amide bonds. The second-order valence-corrected chi connectivity index (χ2v) is 9.43. The molecule has 8 heteroatoms. The van der Waals surface area contributed by atoms with Crippen LogP contribution in [-0.4, -0.2) is 44.8 Å². The van der Waals surface area contributed by atoms with Crippen LogP contribution in [-0.2, 0) is 14.8 Å². The van der Waals surface area contributed by atoms with Crippen LogP contribution >= 0.6 is 0 Å². The van der Waals surface area contributed by atoms with Crippen LogP contribution in [0.25, 0.3) is 0 Å². The minimum absolute atomic E-state index is 0.0567. The number of nitrogens with one attached hydrogen (secondary N) is 1. The van der Waals surface area contributed by atoms with Crippen molar-refractivity contribution in [2.24, 2.45) is 0 Å². The highest BCUT2D eigenvalue weighted by molar-refractivity contribution is 7.92. The number of hydrogen-bond donors (Lipinski definition) is 1. The van der Waals surface area contributed by atoms with Crippen LogP contribution < -0.4 is 9.62 Å². The third-order valence-electron chi connectivity index (χ3n) is 5.64. The molecular formula is C22H25N3O4S. The van der Waals surface area contributed by atoms with Crippen molar-refractivity contribution >= 4 is 33.2 Å². The molecule has 0 saturated carbocycles. The molecule has 30 heavy (non-hydrogen) atoms. The summed E-state index contributed by atoms with van der Waals surface area (Å²) in [6.45, 7) is 3.83. The van der Waals surface area contributed by atoms with Crippen LogP contribution in [0.5, 0.6) is 0 Å². The SMILES string of the molecule is Cc1cc(S(=O)(=O)Nc2ccccc2C(=O)N2CCCC2)ccc1N1CCCC1=O. The molecule has 2 saturated heterocycles. The summed E-state index contributed by atoms with van der Waals surface area (Å²) in [5.41, 5.74) is 2.07. The quantitative estimate of drug-likeness (QED) is 0.794. The number of carbonyl (C=O) groups is 2. The van der Waals surface area contributed by atoms with Gasteiger partial charge in [-0.25, -0.2) is 8.42 Å². The van der Waals surface area contributed by atoms with Crippen molar-refractivity contribution < 1.29 is 18.0 Å². The zero-order valence-electron chi connectivity index (χ0n) is 16.9. The zero-order valence-corrected chi connectivity index (χ0v) is 17.7. The predicted molar refractivity (Wildman–Crippen MR) is 115 cm³/mol. The average molecular weight is 428 g/mol. The number of benzene rings is 2. The fourth-order valence-electron chi connectivity index (χ4n) is 4.05. The maximum Gasteiger partial charge on any atom is 0.261 e. The lowest BCUT2D eigenvalue weighted by Crippen LogP contribution is -2.29. The molecular weight excluding hydrogens is 402 g/mol. The molecule has 4 rings (SSSR count). The topological polar surface area (TPSA) is 86.8 Å². The van der Waals surface area contributed by atoms with E-state index in [1.165, 1.54) is 6.07 Å². The van der Waals surface area contributed by atoms with Gasteiger partial charge in [-0.15, -0.1) is 0 Å². The van der Waals surface area contributed by atoms with E-state index in [0.29, 0.717) is 31.6 Å². The zero-order chi connectivity index (χ0) is 21.3. The molecule has 0 atom stereocenters. The largest absolute Gasteiger partial charge is 0.339 e. The molecule has 1 N–H and O–H groups in total. The van der Waals surface area contributed by atoms with Crippen LogP contribution in [0, 0.1) is 6.92 Å². The minimum atomic E-state index is -3.89. The van der Waals surface area contributed by atoms with Gasteiger partial charge in [0.05, 0.1) is 16.1 Å². The summed E-state index contributed by atoms with van der Waals surface area (Å²) in [7, 11) is -3.89. The first-order valence-corrected chi connectivity index (χ1v) is 11.7. The van der Waals surface area contributed by atoms with E-state index >= 15 is 0 Å². The fraction of sp³-hybridized carbons (Fsp3) is 0.364. The molecule has 0 aliphatic carbocycles. The number of para-hydroxylation sites is 1. The van der Waals surface area contributed by atoms with Gasteiger partial charge >= 0.3 is 0 Å². The second-order valence-electron chi connectivity index (χ2n) is 7.75. The lowest BCUT2D eigenvalue weighted by atomic mass is 10.1. The summed E-state index contributed by atoms with van der Waals surface area (Å²) in [6, 6.07) is 11.4. The third kappa shape index (κ3) is 3.92. The lowest BCUT2D eigenvalue weighted by Gasteiger charge is -2.20. The molecule has 0 spiro atoms. The molecule has 2 fully saturated rings. The summed E-state index contributed by atoms with van der Waals surface area (Å²) in [5, 5.41) is 0. The molecule has 0 unspecified atom stereocenters. The van der Waals surface area contributed by atoms with Crippen molar-refractivity contribution in [2.75, 3.05) is 29.3 Å². The number of sulfonamides is 1. The summed E-state index contributed by atoms with van der Waals surface area (Å²) < 4.78 is 28.6. The van der Waals surface area contributed by atoms with Crippen LogP contribution in [0.15, 0.2) is 47.4 Å². The van der Waals surface area contributed by atoms with Crippen molar-refractivity contribution in [2.45, 2.75) is 37.5 Å². The number of nitrogens with zero attached hydrogens (tertiary/aromatic N) is 2. The van der Waals surface area contributed by atoms with Gasteiger partial charge in [-0.1, -0.05) is 12.1 Å². The van der Waals surface area contributed by atoms with E-state index in [2.05, 4.69) is 4.72 Å². The standard InChI is InChI=1S/C22H25N3O4S/c1-16-15-17(10-11-20(16)25-14-6-9-21(25)26)30(28,29)23-19-8-3-2-7-18(19)22(27)24-12-4-5-13-24/h2-3,7-8,10-11,15,23H,4-6,9,12-14H2,1H3. The van der Waals surface area contributed by atoms with E-state index < -0.39 is 10.0 Å². The van der Waals surface area contributed by atoms with Gasteiger partial charge in [0.25, 0.3) is 15.9 Å². The number of likely N-dealkylation sites (tertiary alicyclic amines) is 1. The Bertz CT molecular complexity index is 1090. The van der Waals surface area contributed by atoms with Crippen molar-refractivity contribution in [1.29, 1.82) is 0 Å². The molecule has 2 heterocycles. The lowest BCUT2D eigenvalue weighted by molar-refractivity contribution is -0.117. The first kappa shape index (κ1) is 20.4. The van der Waals surface area contributed by atoms with E-state index in [4.69, 9.17) is 0 Å². The van der Waals surface area contributed by atoms with Crippen LogP contribution in [0.4, 0.5) is 11.4 Å². The van der Waals surface area contributed by atoms with Gasteiger partial charge < -0.3 is 9.80 Å². The Morgan fingerprint density at radius 2 is 1.73 bits per heavy atom. The van der Waals surface area contributed by atoms with Crippen molar-refractivity contribution in [3.8, 4) is 0 Å². The summed E-state index contributed by atoms with van der Waals surface area (Å²) in [6.07, 6.45) is 3.25. The van der Waals surface area contributed by atoms with Gasteiger partial charge in [-0.2, -0.15) is 0 Å². The summed E-state index contributed by atoms with van der Waals surface area (Å²) in [4.78, 5) is 28.4. The molecule has 2 aromatic carbocycles. The Hall–Kier alpha value is -2.87. The number of aryl methyl sites for hydroxylation is 1. The second kappa shape index (κ2) is 8.10. The van der Waals surface area contributed by atoms with Gasteiger partial charge in [-0.05, 0) is 62.1 Å².